The lowest BCUT2D eigenvalue weighted by Gasteiger charge is -2.31. The maximum absolute atomic E-state index is 10.5. The number of nitro groups is 1. The van der Waals surface area contributed by atoms with Crippen LogP contribution in [0, 0.1) is 16.0 Å². The molecule has 0 spiro atoms. The van der Waals surface area contributed by atoms with Gasteiger partial charge in [-0.25, -0.2) is 0 Å². The minimum atomic E-state index is -0.493. The van der Waals surface area contributed by atoms with Crippen molar-refractivity contribution in [3.63, 3.8) is 0 Å². The van der Waals surface area contributed by atoms with E-state index in [1.807, 2.05) is 7.05 Å². The molecule has 0 aliphatic carbocycles. The lowest BCUT2D eigenvalue weighted by Crippen LogP contribution is -2.33. The van der Waals surface area contributed by atoms with Gasteiger partial charge in [-0.15, -0.1) is 0 Å². The number of rotatable bonds is 6. The van der Waals surface area contributed by atoms with E-state index in [9.17, 15) is 10.1 Å². The number of likely N-dealkylation sites (tertiary alicyclic amines) is 1. The maximum Gasteiger partial charge on any atom is 0.433 e. The molecule has 0 saturated carbocycles. The number of hydrogen-bond acceptors (Lipinski definition) is 5. The summed E-state index contributed by atoms with van der Waals surface area (Å²) in [6, 6.07) is 3.13. The van der Waals surface area contributed by atoms with Crippen molar-refractivity contribution in [1.82, 2.24) is 10.2 Å². The van der Waals surface area contributed by atoms with Gasteiger partial charge in [0.1, 0.15) is 10.7 Å². The van der Waals surface area contributed by atoms with E-state index in [0.29, 0.717) is 12.3 Å². The fraction of sp³-hybridized carbons (Fsp3) is 0.692. The fourth-order valence-electron chi connectivity index (χ4n) is 2.55. The zero-order valence-corrected chi connectivity index (χ0v) is 11.3. The fourth-order valence-corrected chi connectivity index (χ4v) is 2.55. The second-order valence-electron chi connectivity index (χ2n) is 5.11. The highest BCUT2D eigenvalue weighted by molar-refractivity contribution is 5.17. The van der Waals surface area contributed by atoms with Gasteiger partial charge in [0.25, 0.3) is 0 Å². The summed E-state index contributed by atoms with van der Waals surface area (Å²) in [6.45, 7) is 3.84. The Morgan fingerprint density at radius 1 is 1.47 bits per heavy atom. The van der Waals surface area contributed by atoms with Crippen LogP contribution in [0.25, 0.3) is 0 Å². The number of furan rings is 1. The Morgan fingerprint density at radius 2 is 2.21 bits per heavy atom. The van der Waals surface area contributed by atoms with Crippen LogP contribution < -0.4 is 5.32 Å². The lowest BCUT2D eigenvalue weighted by atomic mass is 9.93. The normalized spacial score (nSPS) is 17.7. The molecule has 1 N–H and O–H groups in total. The molecule has 106 valence electrons. The first-order valence-electron chi connectivity index (χ1n) is 6.79. The van der Waals surface area contributed by atoms with E-state index in [4.69, 9.17) is 4.42 Å². The molecule has 19 heavy (non-hydrogen) atoms. The largest absolute Gasteiger partial charge is 0.433 e. The van der Waals surface area contributed by atoms with Gasteiger partial charge in [0, 0.05) is 0 Å². The van der Waals surface area contributed by atoms with E-state index < -0.39 is 4.92 Å². The molecule has 2 rings (SSSR count). The summed E-state index contributed by atoms with van der Waals surface area (Å²) in [5.74, 6) is 1.31. The number of nitrogens with zero attached hydrogens (tertiary/aromatic N) is 2. The van der Waals surface area contributed by atoms with Crippen LogP contribution in [0.3, 0.4) is 0 Å². The van der Waals surface area contributed by atoms with Crippen LogP contribution in [0.1, 0.15) is 25.0 Å². The summed E-state index contributed by atoms with van der Waals surface area (Å²) in [5.41, 5.74) is 0. The number of hydrogen-bond donors (Lipinski definition) is 1. The topological polar surface area (TPSA) is 71.5 Å². The van der Waals surface area contributed by atoms with Crippen LogP contribution in [0.15, 0.2) is 16.5 Å². The number of piperidine rings is 1. The Bertz CT molecular complexity index is 411. The first kappa shape index (κ1) is 14.0. The van der Waals surface area contributed by atoms with Gasteiger partial charge >= 0.3 is 5.88 Å². The molecule has 0 aromatic carbocycles. The molecule has 0 amide bonds. The molecular formula is C13H21N3O3. The molecule has 6 heteroatoms. The van der Waals surface area contributed by atoms with Gasteiger partial charge in [-0.3, -0.25) is 15.0 Å². The van der Waals surface area contributed by atoms with Crippen molar-refractivity contribution >= 4 is 5.88 Å². The third-order valence-corrected chi connectivity index (χ3v) is 3.72. The Kier molecular flexibility index (Phi) is 4.93. The predicted molar refractivity (Wildman–Crippen MR) is 71.9 cm³/mol. The molecule has 0 bridgehead atoms. The van der Waals surface area contributed by atoms with Gasteiger partial charge in [-0.2, -0.15) is 0 Å². The monoisotopic (exact) mass is 267 g/mol. The summed E-state index contributed by atoms with van der Waals surface area (Å²) >= 11 is 0. The van der Waals surface area contributed by atoms with Crippen LogP contribution >= 0.6 is 0 Å². The molecule has 1 aromatic heterocycles. The van der Waals surface area contributed by atoms with Crippen LogP contribution in [0.4, 0.5) is 5.88 Å². The average molecular weight is 267 g/mol. The first-order valence-corrected chi connectivity index (χ1v) is 6.79. The van der Waals surface area contributed by atoms with E-state index in [1.54, 1.807) is 6.07 Å². The molecule has 1 aliphatic heterocycles. The SMILES string of the molecule is CNCCC1CCN(Cc2ccc([N+](=O)[O-])o2)CC1. The molecule has 0 radical (unpaired) electrons. The van der Waals surface area contributed by atoms with Crippen molar-refractivity contribution in [1.29, 1.82) is 0 Å². The Balaban J connectivity index is 1.77. The maximum atomic E-state index is 10.5. The average Bonchev–Trinajstić information content (AvgIpc) is 2.87. The summed E-state index contributed by atoms with van der Waals surface area (Å²) in [7, 11) is 1.99. The minimum absolute atomic E-state index is 0.168. The van der Waals surface area contributed by atoms with E-state index in [0.717, 1.165) is 25.6 Å². The van der Waals surface area contributed by atoms with Crippen LogP contribution in [-0.4, -0.2) is 36.5 Å². The molecule has 1 aliphatic rings. The summed E-state index contributed by atoms with van der Waals surface area (Å²) in [4.78, 5) is 12.4. The van der Waals surface area contributed by atoms with Gasteiger partial charge in [0.2, 0.25) is 0 Å². The second-order valence-corrected chi connectivity index (χ2v) is 5.11. The zero-order valence-electron chi connectivity index (χ0n) is 11.3. The predicted octanol–water partition coefficient (Wildman–Crippen LogP) is 2.01. The first-order chi connectivity index (χ1) is 9.19. The van der Waals surface area contributed by atoms with E-state index >= 15 is 0 Å². The second kappa shape index (κ2) is 6.68. The molecule has 2 heterocycles. The van der Waals surface area contributed by atoms with Gasteiger partial charge in [-0.05, 0) is 57.9 Å². The van der Waals surface area contributed by atoms with Crippen LogP contribution in [-0.2, 0) is 6.54 Å². The quantitative estimate of drug-likeness (QED) is 0.630. The van der Waals surface area contributed by atoms with Crippen molar-refractivity contribution < 1.29 is 9.34 Å². The molecule has 0 unspecified atom stereocenters. The van der Waals surface area contributed by atoms with E-state index in [2.05, 4.69) is 10.2 Å². The number of nitrogens with one attached hydrogen (secondary N) is 1. The summed E-state index contributed by atoms with van der Waals surface area (Å²) < 4.78 is 5.19. The van der Waals surface area contributed by atoms with E-state index in [-0.39, 0.29) is 5.88 Å². The Morgan fingerprint density at radius 3 is 2.79 bits per heavy atom. The van der Waals surface area contributed by atoms with Gasteiger partial charge in [0.15, 0.2) is 0 Å². The highest BCUT2D eigenvalue weighted by atomic mass is 16.6. The van der Waals surface area contributed by atoms with Crippen molar-refractivity contribution in [2.45, 2.75) is 25.8 Å². The van der Waals surface area contributed by atoms with Gasteiger partial charge in [-0.1, -0.05) is 0 Å². The highest BCUT2D eigenvalue weighted by Gasteiger charge is 2.20. The highest BCUT2D eigenvalue weighted by Crippen LogP contribution is 2.23. The van der Waals surface area contributed by atoms with Crippen LogP contribution in [0.5, 0.6) is 0 Å². The molecular weight excluding hydrogens is 246 g/mol. The molecule has 1 saturated heterocycles. The van der Waals surface area contributed by atoms with Gasteiger partial charge in [0.05, 0.1) is 12.6 Å². The van der Waals surface area contributed by atoms with Crippen LogP contribution in [0.2, 0.25) is 0 Å². The molecule has 1 fully saturated rings. The lowest BCUT2D eigenvalue weighted by molar-refractivity contribution is -0.402. The standard InChI is InChI=1S/C13H21N3O3/c1-14-7-4-11-5-8-15(9-6-11)10-12-2-3-13(19-12)16(17)18/h2-3,11,14H,4-10H2,1H3. The van der Waals surface area contributed by atoms with E-state index in [1.165, 1.54) is 25.3 Å². The minimum Gasteiger partial charge on any atom is -0.404 e. The van der Waals surface area contributed by atoms with Crippen molar-refractivity contribution in [3.8, 4) is 0 Å². The van der Waals surface area contributed by atoms with Crippen molar-refractivity contribution in [3.05, 3.63) is 28.0 Å². The van der Waals surface area contributed by atoms with Crippen molar-refractivity contribution in [2.75, 3.05) is 26.7 Å². The Labute approximate surface area is 112 Å². The molecule has 0 atom stereocenters. The van der Waals surface area contributed by atoms with Gasteiger partial charge < -0.3 is 9.73 Å². The smallest absolute Gasteiger partial charge is 0.404 e. The Hall–Kier alpha value is -1.40. The molecule has 1 aromatic rings. The third-order valence-electron chi connectivity index (χ3n) is 3.72. The summed E-state index contributed by atoms with van der Waals surface area (Å²) in [6.07, 6.45) is 3.63. The summed E-state index contributed by atoms with van der Waals surface area (Å²) in [5, 5.41) is 13.7. The zero-order chi connectivity index (χ0) is 13.7. The third kappa shape index (κ3) is 4.04. The molecule has 6 nitrogen and oxygen atoms in total. The van der Waals surface area contributed by atoms with Crippen molar-refractivity contribution in [2.24, 2.45) is 5.92 Å².